The van der Waals surface area contributed by atoms with E-state index in [0.29, 0.717) is 13.2 Å². The van der Waals surface area contributed by atoms with Gasteiger partial charge < -0.3 is 19.9 Å². The Morgan fingerprint density at radius 2 is 1.95 bits per heavy atom. The van der Waals surface area contributed by atoms with E-state index >= 15 is 0 Å². The molecule has 0 saturated carbocycles. The molecule has 1 aromatic rings. The minimum atomic E-state index is -0.314. The first-order chi connectivity index (χ1) is 9.79. The van der Waals surface area contributed by atoms with E-state index in [9.17, 15) is 5.11 Å². The van der Waals surface area contributed by atoms with Crippen molar-refractivity contribution in [2.24, 2.45) is 0 Å². The van der Waals surface area contributed by atoms with Crippen LogP contribution in [0, 0.1) is 0 Å². The molecule has 0 radical (unpaired) electrons. The average molecular weight is 397 g/mol. The highest BCUT2D eigenvalue weighted by Crippen LogP contribution is 2.37. The van der Waals surface area contributed by atoms with Crippen LogP contribution in [0.15, 0.2) is 16.6 Å². The summed E-state index contributed by atoms with van der Waals surface area (Å²) in [6.07, 6.45) is 0.0813. The first-order valence-electron chi connectivity index (χ1n) is 7.27. The highest BCUT2D eigenvalue weighted by atomic mass is 79.9. The summed E-state index contributed by atoms with van der Waals surface area (Å²) in [4.78, 5) is 0. The second-order valence-corrected chi connectivity index (χ2v) is 6.75. The summed E-state index contributed by atoms with van der Waals surface area (Å²) in [5.74, 6) is 1.47. The van der Waals surface area contributed by atoms with Gasteiger partial charge in [0.1, 0.15) is 0 Å². The van der Waals surface area contributed by atoms with Gasteiger partial charge in [-0.05, 0) is 68.2 Å². The normalized spacial score (nSPS) is 11.3. The van der Waals surface area contributed by atoms with Crippen molar-refractivity contribution in [2.45, 2.75) is 52.8 Å². The highest BCUT2D eigenvalue weighted by Gasteiger charge is 2.17. The van der Waals surface area contributed by atoms with Gasteiger partial charge in [-0.2, -0.15) is 0 Å². The monoisotopic (exact) mass is 395 g/mol. The van der Waals surface area contributed by atoms with Crippen LogP contribution >= 0.6 is 28.3 Å². The van der Waals surface area contributed by atoms with Crippen LogP contribution in [0.3, 0.4) is 0 Å². The van der Waals surface area contributed by atoms with E-state index in [1.54, 1.807) is 0 Å². The minimum absolute atomic E-state index is 0. The van der Waals surface area contributed by atoms with Crippen molar-refractivity contribution in [3.63, 3.8) is 0 Å². The molecule has 0 fully saturated rings. The zero-order chi connectivity index (χ0) is 16.0. The lowest BCUT2D eigenvalue weighted by Gasteiger charge is -2.24. The van der Waals surface area contributed by atoms with Gasteiger partial charge in [-0.25, -0.2) is 0 Å². The number of benzene rings is 1. The fourth-order valence-corrected chi connectivity index (χ4v) is 2.32. The maximum absolute atomic E-state index is 9.29. The number of rotatable bonds is 8. The number of nitrogens with one attached hydrogen (secondary N) is 1. The van der Waals surface area contributed by atoms with Gasteiger partial charge in [-0.3, -0.25) is 0 Å². The maximum atomic E-state index is 9.29. The second kappa shape index (κ2) is 9.60. The van der Waals surface area contributed by atoms with Crippen molar-refractivity contribution in [2.75, 3.05) is 13.2 Å². The minimum Gasteiger partial charge on any atom is -0.490 e. The number of hydrogen-bond donors (Lipinski definition) is 2. The van der Waals surface area contributed by atoms with Gasteiger partial charge in [0, 0.05) is 12.1 Å². The molecule has 4 nitrogen and oxygen atoms in total. The molecule has 1 aromatic carbocycles. The number of hydrogen-bond acceptors (Lipinski definition) is 4. The van der Waals surface area contributed by atoms with Crippen LogP contribution in [0.4, 0.5) is 0 Å². The first kappa shape index (κ1) is 21.5. The van der Waals surface area contributed by atoms with Crippen molar-refractivity contribution in [3.8, 4) is 11.5 Å². The third kappa shape index (κ3) is 6.73. The lowest BCUT2D eigenvalue weighted by molar-refractivity contribution is 0.187. The van der Waals surface area contributed by atoms with Gasteiger partial charge in [-0.1, -0.05) is 0 Å². The third-order valence-electron chi connectivity index (χ3n) is 2.89. The van der Waals surface area contributed by atoms with Crippen molar-refractivity contribution in [1.82, 2.24) is 5.32 Å². The van der Waals surface area contributed by atoms with Gasteiger partial charge in [0.25, 0.3) is 0 Å². The summed E-state index contributed by atoms with van der Waals surface area (Å²) in [5, 5.41) is 12.6. The standard InChI is InChI=1S/C16H26BrNO3.ClH/c1-6-20-14-8-12(9-18-16(4,5)10-19)7-13(17)15(14)21-11(2)3;/h7-8,11,18-19H,6,9-10H2,1-5H3;1H. The quantitative estimate of drug-likeness (QED) is 0.699. The van der Waals surface area contributed by atoms with Crippen molar-refractivity contribution < 1.29 is 14.6 Å². The van der Waals surface area contributed by atoms with Crippen molar-refractivity contribution in [1.29, 1.82) is 0 Å². The van der Waals surface area contributed by atoms with E-state index in [1.807, 2.05) is 46.8 Å². The molecule has 0 spiro atoms. The van der Waals surface area contributed by atoms with Crippen LogP contribution in [0.25, 0.3) is 0 Å². The van der Waals surface area contributed by atoms with Gasteiger partial charge in [0.05, 0.1) is 23.8 Å². The summed E-state index contributed by atoms with van der Waals surface area (Å²) in [6, 6.07) is 3.99. The maximum Gasteiger partial charge on any atom is 0.175 e. The predicted octanol–water partition coefficient (Wildman–Crippen LogP) is 3.92. The fourth-order valence-electron chi connectivity index (χ4n) is 1.73. The molecule has 0 amide bonds. The van der Waals surface area contributed by atoms with Crippen LogP contribution < -0.4 is 14.8 Å². The molecule has 0 aliphatic rings. The summed E-state index contributed by atoms with van der Waals surface area (Å²) in [7, 11) is 0. The van der Waals surface area contributed by atoms with Gasteiger partial charge in [-0.15, -0.1) is 12.4 Å². The Labute approximate surface area is 148 Å². The van der Waals surface area contributed by atoms with Crippen LogP contribution in [0.1, 0.15) is 40.2 Å². The number of ether oxygens (including phenoxy) is 2. The Morgan fingerprint density at radius 3 is 2.45 bits per heavy atom. The predicted molar refractivity (Wildman–Crippen MR) is 96.3 cm³/mol. The molecule has 2 N–H and O–H groups in total. The van der Waals surface area contributed by atoms with Crippen molar-refractivity contribution in [3.05, 3.63) is 22.2 Å². The molecular weight excluding hydrogens is 370 g/mol. The molecule has 0 aromatic heterocycles. The molecule has 0 heterocycles. The molecule has 1 rings (SSSR count). The molecule has 6 heteroatoms. The average Bonchev–Trinajstić information content (AvgIpc) is 2.40. The van der Waals surface area contributed by atoms with Crippen LogP contribution in [-0.4, -0.2) is 30.0 Å². The topological polar surface area (TPSA) is 50.7 Å². The molecule has 0 aliphatic carbocycles. The number of aliphatic hydroxyl groups excluding tert-OH is 1. The molecular formula is C16H27BrClNO3. The number of aliphatic hydroxyl groups is 1. The van der Waals surface area contributed by atoms with E-state index in [0.717, 1.165) is 21.5 Å². The lowest BCUT2D eigenvalue weighted by atomic mass is 10.1. The summed E-state index contributed by atoms with van der Waals surface area (Å²) < 4.78 is 12.4. The third-order valence-corrected chi connectivity index (χ3v) is 3.48. The molecule has 22 heavy (non-hydrogen) atoms. The summed E-state index contributed by atoms with van der Waals surface area (Å²) >= 11 is 3.55. The van der Waals surface area contributed by atoms with Crippen molar-refractivity contribution >= 4 is 28.3 Å². The Bertz CT molecular complexity index is 467. The summed E-state index contributed by atoms with van der Waals surface area (Å²) in [6.45, 7) is 11.2. The van der Waals surface area contributed by atoms with Crippen LogP contribution in [-0.2, 0) is 6.54 Å². The molecule has 0 saturated heterocycles. The van der Waals surface area contributed by atoms with Gasteiger partial charge >= 0.3 is 0 Å². The lowest BCUT2D eigenvalue weighted by Crippen LogP contribution is -2.42. The van der Waals surface area contributed by atoms with E-state index in [2.05, 4.69) is 21.2 Å². The molecule has 128 valence electrons. The van der Waals surface area contributed by atoms with Crippen LogP contribution in [0.2, 0.25) is 0 Å². The Balaban J connectivity index is 0.00000441. The van der Waals surface area contributed by atoms with Gasteiger partial charge in [0.2, 0.25) is 0 Å². The Morgan fingerprint density at radius 1 is 1.32 bits per heavy atom. The molecule has 0 unspecified atom stereocenters. The van der Waals surface area contributed by atoms with E-state index in [4.69, 9.17) is 9.47 Å². The first-order valence-corrected chi connectivity index (χ1v) is 8.06. The molecule has 0 atom stereocenters. The molecule has 0 bridgehead atoms. The SMILES string of the molecule is CCOc1cc(CNC(C)(C)CO)cc(Br)c1OC(C)C.Cl. The highest BCUT2D eigenvalue weighted by molar-refractivity contribution is 9.10. The largest absolute Gasteiger partial charge is 0.490 e. The van der Waals surface area contributed by atoms with E-state index in [-0.39, 0.29) is 30.7 Å². The Hall–Kier alpha value is -0.490. The van der Waals surface area contributed by atoms with Gasteiger partial charge in [0.15, 0.2) is 11.5 Å². The second-order valence-electron chi connectivity index (χ2n) is 5.90. The van der Waals surface area contributed by atoms with Crippen LogP contribution in [0.5, 0.6) is 11.5 Å². The summed E-state index contributed by atoms with van der Waals surface area (Å²) in [5.41, 5.74) is 0.758. The fraction of sp³-hybridized carbons (Fsp3) is 0.625. The Kier molecular flexibility index (Phi) is 9.39. The number of halogens is 2. The van der Waals surface area contributed by atoms with E-state index < -0.39 is 0 Å². The smallest absolute Gasteiger partial charge is 0.175 e. The molecule has 0 aliphatic heterocycles. The zero-order valence-corrected chi connectivity index (χ0v) is 16.3. The van der Waals surface area contributed by atoms with E-state index in [1.165, 1.54) is 0 Å². The zero-order valence-electron chi connectivity index (χ0n) is 13.9.